The number of carboxylic acids is 2. The van der Waals surface area contributed by atoms with Crippen molar-refractivity contribution in [2.75, 3.05) is 58.1 Å². The maximum absolute atomic E-state index is 12.0. The number of carbonyl (C=O) groups excluding carboxylic acids is 4. The number of cyclic esters (lactones) is 1. The molecule has 1 saturated heterocycles. The minimum atomic E-state index is -1.06. The first kappa shape index (κ1) is 45.0. The summed E-state index contributed by atoms with van der Waals surface area (Å²) in [5, 5.41) is 31.8. The van der Waals surface area contributed by atoms with E-state index < -0.39 is 30.0 Å². The average molecular weight is 760 g/mol. The highest BCUT2D eigenvalue weighted by Crippen LogP contribution is 2.42. The molecular formula is C33H49N3O13S2. The van der Waals surface area contributed by atoms with Crippen molar-refractivity contribution in [2.24, 2.45) is 0 Å². The molecule has 2 amide bonds. The molecule has 5 N–H and O–H groups in total. The summed E-state index contributed by atoms with van der Waals surface area (Å²) in [6.07, 6.45) is 3.18. The Labute approximate surface area is 308 Å². The molecule has 18 heteroatoms. The van der Waals surface area contributed by atoms with E-state index in [9.17, 15) is 33.9 Å². The van der Waals surface area contributed by atoms with E-state index in [1.54, 1.807) is 7.11 Å². The number of phenolic OH excluding ortho intramolecular Hbond substituents is 1. The topological polar surface area (TPSA) is 227 Å². The van der Waals surface area contributed by atoms with E-state index in [0.717, 1.165) is 44.0 Å². The smallest absolute Gasteiger partial charge is 0.342 e. The maximum Gasteiger partial charge on any atom is 0.342 e. The standard InChI is InChI=1S/C23H31NO7.2C5H9NO3S/c1-15(5-7-19(25)30-13-10-24-8-11-29-12-9-24)4-6-17-21(26)20-18(14-31-23(20)27)16(2)22(17)28-3;2*1-3(7)6-4(2-10)5(8)9/h4,26H,5-14H2,1-3H3;2*4,10H,2H2,1H3,(H,6,7)(H,8,9)/b15-4+;;. The summed E-state index contributed by atoms with van der Waals surface area (Å²) in [6.45, 7) is 10.8. The van der Waals surface area contributed by atoms with E-state index in [0.29, 0.717) is 42.7 Å². The van der Waals surface area contributed by atoms with E-state index in [1.807, 2.05) is 19.9 Å². The molecule has 51 heavy (non-hydrogen) atoms. The molecular weight excluding hydrogens is 711 g/mol. The summed E-state index contributed by atoms with van der Waals surface area (Å²) in [5.74, 6) is -2.91. The van der Waals surface area contributed by atoms with E-state index in [4.69, 9.17) is 29.2 Å². The molecule has 16 nitrogen and oxygen atoms in total. The van der Waals surface area contributed by atoms with E-state index in [2.05, 4.69) is 40.8 Å². The number of carbonyl (C=O) groups is 6. The van der Waals surface area contributed by atoms with Crippen molar-refractivity contribution in [2.45, 2.75) is 65.6 Å². The Kier molecular flexibility index (Phi) is 20.7. The van der Waals surface area contributed by atoms with E-state index >= 15 is 0 Å². The molecule has 2 heterocycles. The number of rotatable bonds is 15. The fourth-order valence-electron chi connectivity index (χ4n) is 4.75. The minimum Gasteiger partial charge on any atom is -0.507 e. The highest BCUT2D eigenvalue weighted by Gasteiger charge is 2.32. The van der Waals surface area contributed by atoms with Crippen LogP contribution >= 0.6 is 25.3 Å². The number of aromatic hydroxyl groups is 1. The normalized spacial score (nSPS) is 15.0. The van der Waals surface area contributed by atoms with Crippen molar-refractivity contribution in [1.29, 1.82) is 0 Å². The Morgan fingerprint density at radius 3 is 1.96 bits per heavy atom. The van der Waals surface area contributed by atoms with Gasteiger partial charge in [0.2, 0.25) is 11.8 Å². The Bertz CT molecular complexity index is 1380. The number of nitrogens with one attached hydrogen (secondary N) is 2. The van der Waals surface area contributed by atoms with Gasteiger partial charge in [0.1, 0.15) is 42.4 Å². The first-order valence-corrected chi connectivity index (χ1v) is 17.2. The SMILES string of the molecule is CC(=O)NC(CS)C(=O)O.CC(=O)NC(CS)C(=O)O.COc1c(C)c2c(c(O)c1C/C=C(\C)CCC(=O)OCCN1CCOCC1)C(=O)OC2. The number of benzene rings is 1. The summed E-state index contributed by atoms with van der Waals surface area (Å²) < 4.78 is 21.2. The summed E-state index contributed by atoms with van der Waals surface area (Å²) in [5.41, 5.74) is 3.23. The van der Waals surface area contributed by atoms with Gasteiger partial charge in [-0.05, 0) is 32.3 Å². The summed E-state index contributed by atoms with van der Waals surface area (Å²) in [4.78, 5) is 67.3. The molecule has 0 aliphatic carbocycles. The van der Waals surface area contributed by atoms with Gasteiger partial charge in [-0.3, -0.25) is 19.3 Å². The third-order valence-corrected chi connectivity index (χ3v) is 8.25. The number of hydrogen-bond donors (Lipinski definition) is 7. The van der Waals surface area contributed by atoms with Gasteiger partial charge in [0, 0.05) is 62.5 Å². The number of amides is 2. The van der Waals surface area contributed by atoms with Gasteiger partial charge < -0.3 is 44.9 Å². The lowest BCUT2D eigenvalue weighted by Gasteiger charge is -2.26. The van der Waals surface area contributed by atoms with Crippen LogP contribution in [-0.4, -0.2) is 126 Å². The van der Waals surface area contributed by atoms with Gasteiger partial charge >= 0.3 is 23.9 Å². The third-order valence-electron chi connectivity index (χ3n) is 7.52. The molecule has 2 unspecified atom stereocenters. The van der Waals surface area contributed by atoms with Crippen LogP contribution in [0.1, 0.15) is 60.7 Å². The molecule has 2 atom stereocenters. The number of nitrogens with zero attached hydrogens (tertiary/aromatic N) is 1. The van der Waals surface area contributed by atoms with Crippen LogP contribution in [-0.2, 0) is 51.2 Å². The lowest BCUT2D eigenvalue weighted by atomic mass is 9.94. The largest absolute Gasteiger partial charge is 0.507 e. The molecule has 1 fully saturated rings. The average Bonchev–Trinajstić information content (AvgIpc) is 3.48. The quantitative estimate of drug-likeness (QED) is 0.0765. The predicted molar refractivity (Wildman–Crippen MR) is 192 cm³/mol. The number of morpholine rings is 1. The van der Waals surface area contributed by atoms with Crippen molar-refractivity contribution in [3.63, 3.8) is 0 Å². The monoisotopic (exact) mass is 759 g/mol. The number of hydrogen-bond acceptors (Lipinski definition) is 14. The number of methoxy groups -OCH3 is 1. The van der Waals surface area contributed by atoms with Crippen molar-refractivity contribution < 1.29 is 63.0 Å². The molecule has 286 valence electrons. The van der Waals surface area contributed by atoms with E-state index in [-0.39, 0.29) is 47.2 Å². The third kappa shape index (κ3) is 15.8. The molecule has 0 spiro atoms. The zero-order valence-electron chi connectivity index (χ0n) is 29.5. The second kappa shape index (κ2) is 23.5. The van der Waals surface area contributed by atoms with Gasteiger partial charge in [0.25, 0.3) is 0 Å². The molecule has 1 aromatic rings. The molecule has 1 aromatic carbocycles. The van der Waals surface area contributed by atoms with Crippen LogP contribution in [0.15, 0.2) is 11.6 Å². The second-order valence-corrected chi connectivity index (χ2v) is 12.1. The van der Waals surface area contributed by atoms with Crippen LogP contribution in [0, 0.1) is 6.92 Å². The van der Waals surface area contributed by atoms with Crippen molar-refractivity contribution in [1.82, 2.24) is 15.5 Å². The van der Waals surface area contributed by atoms with Gasteiger partial charge in [-0.25, -0.2) is 14.4 Å². The first-order chi connectivity index (χ1) is 24.1. The number of esters is 2. The van der Waals surface area contributed by atoms with Crippen LogP contribution in [0.2, 0.25) is 0 Å². The zero-order chi connectivity index (χ0) is 38.7. The van der Waals surface area contributed by atoms with Gasteiger partial charge in [-0.1, -0.05) is 11.6 Å². The summed E-state index contributed by atoms with van der Waals surface area (Å²) >= 11 is 7.47. The molecule has 0 radical (unpaired) electrons. The molecule has 3 rings (SSSR count). The van der Waals surface area contributed by atoms with Crippen molar-refractivity contribution >= 4 is 60.9 Å². The molecule has 2 aliphatic rings. The molecule has 0 saturated carbocycles. The highest BCUT2D eigenvalue weighted by molar-refractivity contribution is 7.80. The number of phenols is 1. The Morgan fingerprint density at radius 2 is 1.51 bits per heavy atom. The number of ether oxygens (including phenoxy) is 4. The first-order valence-electron chi connectivity index (χ1n) is 16.0. The van der Waals surface area contributed by atoms with E-state index in [1.165, 1.54) is 13.8 Å². The summed E-state index contributed by atoms with van der Waals surface area (Å²) in [6, 6.07) is -1.75. The highest BCUT2D eigenvalue weighted by atomic mass is 32.1. The Hall–Kier alpha value is -4.00. The molecule has 0 aromatic heterocycles. The van der Waals surface area contributed by atoms with Gasteiger partial charge in [0.05, 0.1) is 20.3 Å². The Morgan fingerprint density at radius 1 is 0.961 bits per heavy atom. The number of carboxylic acid groups (broad SMARTS) is 2. The predicted octanol–water partition coefficient (Wildman–Crippen LogP) is 1.54. The second-order valence-electron chi connectivity index (χ2n) is 11.4. The zero-order valence-corrected chi connectivity index (χ0v) is 31.3. The summed E-state index contributed by atoms with van der Waals surface area (Å²) in [7, 11) is 1.54. The van der Waals surface area contributed by atoms with Gasteiger partial charge in [-0.15, -0.1) is 0 Å². The van der Waals surface area contributed by atoms with Crippen LogP contribution < -0.4 is 15.4 Å². The lowest BCUT2D eigenvalue weighted by Crippen LogP contribution is -2.40. The fraction of sp³-hybridized carbons (Fsp3) is 0.576. The minimum absolute atomic E-state index is 0.0912. The van der Waals surface area contributed by atoms with Crippen LogP contribution in [0.5, 0.6) is 11.5 Å². The fourth-order valence-corrected chi connectivity index (χ4v) is 5.25. The molecule has 2 aliphatic heterocycles. The Balaban J connectivity index is 0.000000533. The van der Waals surface area contributed by atoms with Crippen molar-refractivity contribution in [3.8, 4) is 11.5 Å². The van der Waals surface area contributed by atoms with Crippen molar-refractivity contribution in [3.05, 3.63) is 33.9 Å². The number of allylic oxidation sites excluding steroid dienone is 2. The van der Waals surface area contributed by atoms with Gasteiger partial charge in [0.15, 0.2) is 0 Å². The van der Waals surface area contributed by atoms with Crippen LogP contribution in [0.3, 0.4) is 0 Å². The number of thiol groups is 2. The van der Waals surface area contributed by atoms with Gasteiger partial charge in [-0.2, -0.15) is 25.3 Å². The number of aliphatic carboxylic acids is 2. The maximum atomic E-state index is 12.0. The number of fused-ring (bicyclic) bond motifs is 1. The van der Waals surface area contributed by atoms with Crippen LogP contribution in [0.4, 0.5) is 0 Å². The lowest BCUT2D eigenvalue weighted by molar-refractivity contribution is -0.144. The molecule has 0 bridgehead atoms. The van der Waals surface area contributed by atoms with Crippen LogP contribution in [0.25, 0.3) is 0 Å².